The van der Waals surface area contributed by atoms with Gasteiger partial charge in [0.05, 0.1) is 19.1 Å². The molecule has 0 saturated carbocycles. The Morgan fingerprint density at radius 1 is 1.10 bits per heavy atom. The van der Waals surface area contributed by atoms with Crippen LogP contribution in [0, 0.1) is 0 Å². The highest BCUT2D eigenvalue weighted by Crippen LogP contribution is 2.30. The van der Waals surface area contributed by atoms with Crippen molar-refractivity contribution in [3.8, 4) is 22.9 Å². The topological polar surface area (TPSA) is 77.7 Å². The van der Waals surface area contributed by atoms with Gasteiger partial charge in [0.2, 0.25) is 17.6 Å². The molecule has 0 radical (unpaired) electrons. The first-order chi connectivity index (χ1) is 15.2. The van der Waals surface area contributed by atoms with Crippen LogP contribution in [0.1, 0.15) is 44.1 Å². The van der Waals surface area contributed by atoms with Crippen LogP contribution < -0.4 is 9.47 Å². The van der Waals surface area contributed by atoms with Crippen molar-refractivity contribution >= 4 is 5.91 Å². The molecule has 0 spiro atoms. The summed E-state index contributed by atoms with van der Waals surface area (Å²) >= 11 is 0. The molecule has 31 heavy (non-hydrogen) atoms. The molecule has 1 aliphatic rings. The van der Waals surface area contributed by atoms with Crippen LogP contribution in [0.25, 0.3) is 11.4 Å². The van der Waals surface area contributed by atoms with E-state index in [-0.39, 0.29) is 11.8 Å². The van der Waals surface area contributed by atoms with Crippen LogP contribution >= 0.6 is 0 Å². The first-order valence-electron chi connectivity index (χ1n) is 10.7. The van der Waals surface area contributed by atoms with Gasteiger partial charge < -0.3 is 18.9 Å². The van der Waals surface area contributed by atoms with E-state index in [1.54, 1.807) is 0 Å². The summed E-state index contributed by atoms with van der Waals surface area (Å²) in [4.78, 5) is 18.9. The molecule has 3 aromatic rings. The van der Waals surface area contributed by atoms with Crippen molar-refractivity contribution in [2.45, 2.75) is 39.2 Å². The van der Waals surface area contributed by atoms with Crippen LogP contribution in [0.4, 0.5) is 0 Å². The third kappa shape index (κ3) is 5.05. The maximum absolute atomic E-state index is 12.6. The van der Waals surface area contributed by atoms with Crippen LogP contribution in [0.5, 0.6) is 11.5 Å². The lowest BCUT2D eigenvalue weighted by Gasteiger charge is -2.16. The second-order valence-corrected chi connectivity index (χ2v) is 7.58. The molecule has 1 fully saturated rings. The molecule has 0 N–H and O–H groups in total. The standard InChI is InChI=1S/C24H27N3O4/c1-3-12-30-20-10-8-17(9-11-20)15-27-16-19(14-22(27)28)24-25-23(26-31-24)18-6-5-7-21(13-18)29-4-2/h5-11,13,19H,3-4,12,14-16H2,1-2H3. The molecule has 2 heterocycles. The van der Waals surface area contributed by atoms with E-state index in [9.17, 15) is 4.79 Å². The molecule has 2 aromatic carbocycles. The number of aromatic nitrogens is 2. The Hall–Kier alpha value is -3.35. The number of hydrogen-bond donors (Lipinski definition) is 0. The predicted octanol–water partition coefficient (Wildman–Crippen LogP) is 4.44. The number of rotatable bonds is 9. The summed E-state index contributed by atoms with van der Waals surface area (Å²) in [6.07, 6.45) is 1.35. The average Bonchev–Trinajstić information content (AvgIpc) is 3.41. The Balaban J connectivity index is 1.40. The lowest BCUT2D eigenvalue weighted by Crippen LogP contribution is -2.24. The van der Waals surface area contributed by atoms with Crippen molar-refractivity contribution in [3.05, 3.63) is 60.0 Å². The van der Waals surface area contributed by atoms with Gasteiger partial charge in [-0.3, -0.25) is 4.79 Å². The number of likely N-dealkylation sites (tertiary alicyclic amines) is 1. The Kier molecular flexibility index (Phi) is 6.50. The minimum atomic E-state index is -0.101. The summed E-state index contributed by atoms with van der Waals surface area (Å²) in [6.45, 7) is 6.43. The molecule has 4 rings (SSSR count). The number of amides is 1. The van der Waals surface area contributed by atoms with Crippen molar-refractivity contribution < 1.29 is 18.8 Å². The average molecular weight is 421 g/mol. The van der Waals surface area contributed by atoms with Crippen molar-refractivity contribution in [2.75, 3.05) is 19.8 Å². The number of carbonyl (C=O) groups is 1. The van der Waals surface area contributed by atoms with Gasteiger partial charge in [-0.2, -0.15) is 4.98 Å². The maximum atomic E-state index is 12.6. The summed E-state index contributed by atoms with van der Waals surface area (Å²) in [7, 11) is 0. The van der Waals surface area contributed by atoms with E-state index in [1.165, 1.54) is 0 Å². The fourth-order valence-electron chi connectivity index (χ4n) is 3.63. The molecule has 7 nitrogen and oxygen atoms in total. The van der Waals surface area contributed by atoms with E-state index >= 15 is 0 Å². The molecule has 0 bridgehead atoms. The van der Waals surface area contributed by atoms with Gasteiger partial charge in [-0.05, 0) is 43.2 Å². The zero-order valence-electron chi connectivity index (χ0n) is 17.9. The highest BCUT2D eigenvalue weighted by Gasteiger charge is 2.34. The zero-order chi connectivity index (χ0) is 21.6. The fraction of sp³-hybridized carbons (Fsp3) is 0.375. The van der Waals surface area contributed by atoms with Crippen LogP contribution in [0.15, 0.2) is 53.1 Å². The summed E-state index contributed by atoms with van der Waals surface area (Å²) in [5, 5.41) is 4.12. The zero-order valence-corrected chi connectivity index (χ0v) is 17.9. The highest BCUT2D eigenvalue weighted by atomic mass is 16.5. The normalized spacial score (nSPS) is 16.0. The van der Waals surface area contributed by atoms with E-state index in [4.69, 9.17) is 14.0 Å². The lowest BCUT2D eigenvalue weighted by molar-refractivity contribution is -0.128. The second kappa shape index (κ2) is 9.64. The van der Waals surface area contributed by atoms with E-state index in [1.807, 2.05) is 60.4 Å². The minimum Gasteiger partial charge on any atom is -0.494 e. The Bertz CT molecular complexity index is 1020. The fourth-order valence-corrected chi connectivity index (χ4v) is 3.63. The highest BCUT2D eigenvalue weighted by molar-refractivity contribution is 5.79. The second-order valence-electron chi connectivity index (χ2n) is 7.58. The van der Waals surface area contributed by atoms with E-state index in [0.717, 1.165) is 29.0 Å². The third-order valence-electron chi connectivity index (χ3n) is 5.18. The number of ether oxygens (including phenoxy) is 2. The van der Waals surface area contributed by atoms with Crippen molar-refractivity contribution in [2.24, 2.45) is 0 Å². The van der Waals surface area contributed by atoms with Crippen LogP contribution in [-0.2, 0) is 11.3 Å². The van der Waals surface area contributed by atoms with Crippen LogP contribution in [-0.4, -0.2) is 40.7 Å². The van der Waals surface area contributed by atoms with Gasteiger partial charge in [0.15, 0.2) is 0 Å². The molecule has 1 atom stereocenters. The Morgan fingerprint density at radius 2 is 1.94 bits per heavy atom. The molecular weight excluding hydrogens is 394 g/mol. The smallest absolute Gasteiger partial charge is 0.232 e. The lowest BCUT2D eigenvalue weighted by atomic mass is 10.1. The molecule has 1 saturated heterocycles. The van der Waals surface area contributed by atoms with Gasteiger partial charge >= 0.3 is 0 Å². The van der Waals surface area contributed by atoms with E-state index in [0.29, 0.717) is 44.4 Å². The molecule has 162 valence electrons. The number of benzene rings is 2. The van der Waals surface area contributed by atoms with Gasteiger partial charge in [0.25, 0.3) is 0 Å². The van der Waals surface area contributed by atoms with Crippen molar-refractivity contribution in [1.29, 1.82) is 0 Å². The van der Waals surface area contributed by atoms with E-state index < -0.39 is 0 Å². The molecule has 1 aliphatic heterocycles. The maximum Gasteiger partial charge on any atom is 0.232 e. The SMILES string of the molecule is CCCOc1ccc(CN2CC(c3nc(-c4cccc(OCC)c4)no3)CC2=O)cc1. The van der Waals surface area contributed by atoms with Gasteiger partial charge in [0.1, 0.15) is 11.5 Å². The molecular formula is C24H27N3O4. The molecule has 0 aliphatic carbocycles. The first kappa shape index (κ1) is 20.9. The quantitative estimate of drug-likeness (QED) is 0.508. The van der Waals surface area contributed by atoms with Crippen LogP contribution in [0.3, 0.4) is 0 Å². The number of hydrogen-bond acceptors (Lipinski definition) is 6. The Morgan fingerprint density at radius 3 is 2.71 bits per heavy atom. The summed E-state index contributed by atoms with van der Waals surface area (Å²) < 4.78 is 16.7. The molecule has 1 unspecified atom stereocenters. The van der Waals surface area contributed by atoms with Gasteiger partial charge in [-0.25, -0.2) is 0 Å². The number of nitrogens with zero attached hydrogens (tertiary/aromatic N) is 3. The van der Waals surface area contributed by atoms with Crippen molar-refractivity contribution in [3.63, 3.8) is 0 Å². The molecule has 7 heteroatoms. The largest absolute Gasteiger partial charge is 0.494 e. The predicted molar refractivity (Wildman–Crippen MR) is 116 cm³/mol. The van der Waals surface area contributed by atoms with Gasteiger partial charge in [0, 0.05) is 25.1 Å². The monoisotopic (exact) mass is 421 g/mol. The van der Waals surface area contributed by atoms with E-state index in [2.05, 4.69) is 17.1 Å². The summed E-state index contributed by atoms with van der Waals surface area (Å²) in [5.74, 6) is 2.61. The Labute approximate surface area is 182 Å². The summed E-state index contributed by atoms with van der Waals surface area (Å²) in [5.41, 5.74) is 1.89. The first-order valence-corrected chi connectivity index (χ1v) is 10.7. The van der Waals surface area contributed by atoms with Gasteiger partial charge in [-0.1, -0.05) is 36.3 Å². The van der Waals surface area contributed by atoms with Gasteiger partial charge in [-0.15, -0.1) is 0 Å². The van der Waals surface area contributed by atoms with Crippen molar-refractivity contribution in [1.82, 2.24) is 15.0 Å². The minimum absolute atomic E-state index is 0.0920. The number of carbonyl (C=O) groups excluding carboxylic acids is 1. The summed E-state index contributed by atoms with van der Waals surface area (Å²) in [6, 6.07) is 15.5. The van der Waals surface area contributed by atoms with Crippen LogP contribution in [0.2, 0.25) is 0 Å². The molecule has 1 aromatic heterocycles. The molecule has 1 amide bonds. The third-order valence-corrected chi connectivity index (χ3v) is 5.18.